The van der Waals surface area contributed by atoms with Crippen molar-refractivity contribution in [3.05, 3.63) is 65.5 Å². The zero-order chi connectivity index (χ0) is 14.4. The standard InChI is InChI=1S/C16H16FNO2/c1-12-2-8-15(9-3-12)20-11-16(19)18-10-13-4-6-14(17)7-5-13/h2-9H,10-11H2,1H3,(H,18,19). The van der Waals surface area contributed by atoms with Crippen LogP contribution < -0.4 is 10.1 Å². The van der Waals surface area contributed by atoms with Crippen molar-refractivity contribution in [2.45, 2.75) is 13.5 Å². The van der Waals surface area contributed by atoms with E-state index in [1.165, 1.54) is 12.1 Å². The highest BCUT2D eigenvalue weighted by molar-refractivity contribution is 5.77. The molecule has 0 aliphatic heterocycles. The maximum absolute atomic E-state index is 12.7. The van der Waals surface area contributed by atoms with E-state index in [4.69, 9.17) is 4.74 Å². The van der Waals surface area contributed by atoms with Crippen molar-refractivity contribution in [1.82, 2.24) is 5.32 Å². The largest absolute Gasteiger partial charge is 0.484 e. The van der Waals surface area contributed by atoms with Gasteiger partial charge in [0.25, 0.3) is 5.91 Å². The molecular formula is C16H16FNO2. The molecule has 0 unspecified atom stereocenters. The minimum absolute atomic E-state index is 0.0374. The number of aryl methyl sites for hydroxylation is 1. The molecule has 0 atom stereocenters. The minimum Gasteiger partial charge on any atom is -0.484 e. The van der Waals surface area contributed by atoms with Gasteiger partial charge in [0.15, 0.2) is 6.61 Å². The molecule has 0 fully saturated rings. The Labute approximate surface area is 117 Å². The van der Waals surface area contributed by atoms with Crippen molar-refractivity contribution < 1.29 is 13.9 Å². The van der Waals surface area contributed by atoms with Crippen molar-refractivity contribution in [2.24, 2.45) is 0 Å². The Balaban J connectivity index is 1.75. The number of benzene rings is 2. The summed E-state index contributed by atoms with van der Waals surface area (Å²) < 4.78 is 18.1. The van der Waals surface area contributed by atoms with Crippen LogP contribution in [0.4, 0.5) is 4.39 Å². The zero-order valence-corrected chi connectivity index (χ0v) is 11.2. The molecule has 0 bridgehead atoms. The average Bonchev–Trinajstić information content (AvgIpc) is 2.46. The van der Waals surface area contributed by atoms with Crippen molar-refractivity contribution >= 4 is 5.91 Å². The van der Waals surface area contributed by atoms with E-state index in [-0.39, 0.29) is 18.3 Å². The lowest BCUT2D eigenvalue weighted by Gasteiger charge is -2.08. The van der Waals surface area contributed by atoms with Crippen LogP contribution >= 0.6 is 0 Å². The highest BCUT2D eigenvalue weighted by Crippen LogP contribution is 2.11. The molecule has 0 radical (unpaired) electrons. The smallest absolute Gasteiger partial charge is 0.258 e. The van der Waals surface area contributed by atoms with Crippen LogP contribution in [0.15, 0.2) is 48.5 Å². The van der Waals surface area contributed by atoms with Crippen LogP contribution in [0, 0.1) is 12.7 Å². The first kappa shape index (κ1) is 14.1. The first-order valence-electron chi connectivity index (χ1n) is 6.34. The van der Waals surface area contributed by atoms with Gasteiger partial charge in [0, 0.05) is 6.54 Å². The van der Waals surface area contributed by atoms with Crippen molar-refractivity contribution in [3.8, 4) is 5.75 Å². The number of nitrogens with one attached hydrogen (secondary N) is 1. The summed E-state index contributed by atoms with van der Waals surface area (Å²) in [6.07, 6.45) is 0. The van der Waals surface area contributed by atoms with Gasteiger partial charge in [-0.3, -0.25) is 4.79 Å². The molecule has 4 heteroatoms. The summed E-state index contributed by atoms with van der Waals surface area (Å²) in [5, 5.41) is 2.71. The number of ether oxygens (including phenoxy) is 1. The summed E-state index contributed by atoms with van der Waals surface area (Å²) in [5.74, 6) is 0.158. The van der Waals surface area contributed by atoms with Gasteiger partial charge in [-0.15, -0.1) is 0 Å². The molecule has 2 rings (SSSR count). The first-order chi connectivity index (χ1) is 9.63. The van der Waals surface area contributed by atoms with E-state index in [1.54, 1.807) is 12.1 Å². The molecule has 1 N–H and O–H groups in total. The molecule has 3 nitrogen and oxygen atoms in total. The van der Waals surface area contributed by atoms with Crippen LogP contribution in [0.3, 0.4) is 0 Å². The molecule has 2 aromatic rings. The Hall–Kier alpha value is -2.36. The Morgan fingerprint density at radius 3 is 2.40 bits per heavy atom. The highest BCUT2D eigenvalue weighted by Gasteiger charge is 2.03. The lowest BCUT2D eigenvalue weighted by Crippen LogP contribution is -2.28. The Kier molecular flexibility index (Phi) is 4.71. The maximum atomic E-state index is 12.7. The number of carbonyl (C=O) groups is 1. The monoisotopic (exact) mass is 273 g/mol. The molecular weight excluding hydrogens is 257 g/mol. The topological polar surface area (TPSA) is 38.3 Å². The van der Waals surface area contributed by atoms with Gasteiger partial charge in [-0.2, -0.15) is 0 Å². The second-order valence-corrected chi connectivity index (χ2v) is 4.50. The fourth-order valence-corrected chi connectivity index (χ4v) is 1.64. The molecule has 2 aromatic carbocycles. The summed E-state index contributed by atoms with van der Waals surface area (Å²) in [6, 6.07) is 13.5. The van der Waals surface area contributed by atoms with Crippen molar-refractivity contribution in [2.75, 3.05) is 6.61 Å². The maximum Gasteiger partial charge on any atom is 0.258 e. The number of rotatable bonds is 5. The van der Waals surface area contributed by atoms with Crippen LogP contribution in [0.5, 0.6) is 5.75 Å². The molecule has 1 amide bonds. The quantitative estimate of drug-likeness (QED) is 0.909. The Morgan fingerprint density at radius 2 is 1.75 bits per heavy atom. The highest BCUT2D eigenvalue weighted by atomic mass is 19.1. The third kappa shape index (κ3) is 4.39. The van der Waals surface area contributed by atoms with Gasteiger partial charge in [0.05, 0.1) is 0 Å². The number of amides is 1. The molecule has 0 spiro atoms. The fraction of sp³-hybridized carbons (Fsp3) is 0.188. The summed E-state index contributed by atoms with van der Waals surface area (Å²) >= 11 is 0. The van der Waals surface area contributed by atoms with Gasteiger partial charge in [-0.1, -0.05) is 29.8 Å². The lowest BCUT2D eigenvalue weighted by atomic mass is 10.2. The predicted molar refractivity (Wildman–Crippen MR) is 74.9 cm³/mol. The number of carbonyl (C=O) groups excluding carboxylic acids is 1. The Morgan fingerprint density at radius 1 is 1.10 bits per heavy atom. The second kappa shape index (κ2) is 6.70. The van der Waals surface area contributed by atoms with Gasteiger partial charge in [-0.25, -0.2) is 4.39 Å². The zero-order valence-electron chi connectivity index (χ0n) is 11.2. The van der Waals surface area contributed by atoms with E-state index in [2.05, 4.69) is 5.32 Å². The minimum atomic E-state index is -0.289. The molecule has 0 heterocycles. The van der Waals surface area contributed by atoms with Crippen molar-refractivity contribution in [1.29, 1.82) is 0 Å². The molecule has 0 saturated heterocycles. The van der Waals surface area contributed by atoms with Gasteiger partial charge in [0.2, 0.25) is 0 Å². The Bertz CT molecular complexity index is 513. The third-order valence-corrected chi connectivity index (χ3v) is 2.79. The van der Waals surface area contributed by atoms with Crippen LogP contribution in [-0.2, 0) is 11.3 Å². The summed E-state index contributed by atoms with van der Waals surface area (Å²) in [6.45, 7) is 2.31. The van der Waals surface area contributed by atoms with Gasteiger partial charge in [0.1, 0.15) is 11.6 Å². The van der Waals surface area contributed by atoms with E-state index >= 15 is 0 Å². The average molecular weight is 273 g/mol. The first-order valence-corrected chi connectivity index (χ1v) is 6.34. The van der Waals surface area contributed by atoms with Crippen LogP contribution in [-0.4, -0.2) is 12.5 Å². The van der Waals surface area contributed by atoms with E-state index in [1.807, 2.05) is 31.2 Å². The van der Waals surface area contributed by atoms with Crippen LogP contribution in [0.2, 0.25) is 0 Å². The third-order valence-electron chi connectivity index (χ3n) is 2.79. The van der Waals surface area contributed by atoms with Crippen LogP contribution in [0.25, 0.3) is 0 Å². The number of halogens is 1. The molecule has 104 valence electrons. The normalized spacial score (nSPS) is 10.1. The van der Waals surface area contributed by atoms with E-state index in [0.29, 0.717) is 12.3 Å². The lowest BCUT2D eigenvalue weighted by molar-refractivity contribution is -0.123. The van der Waals surface area contributed by atoms with Crippen molar-refractivity contribution in [3.63, 3.8) is 0 Å². The van der Waals surface area contributed by atoms with E-state index in [0.717, 1.165) is 11.1 Å². The summed E-state index contributed by atoms with van der Waals surface area (Å²) in [5.41, 5.74) is 1.98. The number of hydrogen-bond acceptors (Lipinski definition) is 2. The molecule has 0 aromatic heterocycles. The molecule has 0 saturated carbocycles. The molecule has 0 aliphatic carbocycles. The fourth-order valence-electron chi connectivity index (χ4n) is 1.64. The summed E-state index contributed by atoms with van der Waals surface area (Å²) in [4.78, 5) is 11.6. The van der Waals surface area contributed by atoms with E-state index in [9.17, 15) is 9.18 Å². The number of hydrogen-bond donors (Lipinski definition) is 1. The second-order valence-electron chi connectivity index (χ2n) is 4.50. The van der Waals surface area contributed by atoms with Crippen LogP contribution in [0.1, 0.15) is 11.1 Å². The van der Waals surface area contributed by atoms with Gasteiger partial charge in [-0.05, 0) is 36.8 Å². The molecule has 20 heavy (non-hydrogen) atoms. The van der Waals surface area contributed by atoms with Gasteiger partial charge >= 0.3 is 0 Å². The molecule has 0 aliphatic rings. The predicted octanol–water partition coefficient (Wildman–Crippen LogP) is 2.83. The summed E-state index contributed by atoms with van der Waals surface area (Å²) in [7, 11) is 0. The van der Waals surface area contributed by atoms with E-state index < -0.39 is 0 Å². The van der Waals surface area contributed by atoms with Gasteiger partial charge < -0.3 is 10.1 Å². The SMILES string of the molecule is Cc1ccc(OCC(=O)NCc2ccc(F)cc2)cc1.